The molecule has 18 heavy (non-hydrogen) atoms. The first kappa shape index (κ1) is 13.0. The van der Waals surface area contributed by atoms with Crippen molar-refractivity contribution in [1.82, 2.24) is 0 Å². The average molecular weight is 246 g/mol. The summed E-state index contributed by atoms with van der Waals surface area (Å²) in [4.78, 5) is 0. The maximum atomic E-state index is 5.99. The third-order valence-electron chi connectivity index (χ3n) is 2.99. The molecule has 2 nitrogen and oxygen atoms in total. The Bertz CT molecular complexity index is 472. The van der Waals surface area contributed by atoms with Gasteiger partial charge in [-0.05, 0) is 45.7 Å². The Morgan fingerprint density at radius 3 is 2.78 bits per heavy atom. The highest BCUT2D eigenvalue weighted by Crippen LogP contribution is 2.43. The zero-order chi connectivity index (χ0) is 13.3. The molecule has 0 radical (unpaired) electrons. The minimum Gasteiger partial charge on any atom is -0.490 e. The summed E-state index contributed by atoms with van der Waals surface area (Å²) in [7, 11) is 0. The molecule has 1 aliphatic heterocycles. The predicted octanol–water partition coefficient (Wildman–Crippen LogP) is 3.92. The number of rotatable bonds is 4. The van der Waals surface area contributed by atoms with Crippen LogP contribution in [0.1, 0.15) is 38.8 Å². The summed E-state index contributed by atoms with van der Waals surface area (Å²) in [5, 5.41) is 0. The van der Waals surface area contributed by atoms with Gasteiger partial charge in [-0.1, -0.05) is 18.2 Å². The van der Waals surface area contributed by atoms with Gasteiger partial charge in [0.15, 0.2) is 11.5 Å². The van der Waals surface area contributed by atoms with Crippen molar-refractivity contribution in [2.24, 2.45) is 0 Å². The second-order valence-corrected chi connectivity index (χ2v) is 5.69. The van der Waals surface area contributed by atoms with Gasteiger partial charge in [-0.15, -0.1) is 0 Å². The van der Waals surface area contributed by atoms with Crippen LogP contribution in [0.2, 0.25) is 0 Å². The standard InChI is InChI=1S/C16H22O2/c1-6-17-14-9-12(7-11(2)3)8-13-10-16(4,5)18-15(13)14/h8-9H,2,6-7,10H2,1,3-5H3. The molecule has 1 aromatic carbocycles. The minimum absolute atomic E-state index is 0.129. The van der Waals surface area contributed by atoms with E-state index in [1.54, 1.807) is 0 Å². The lowest BCUT2D eigenvalue weighted by atomic mass is 9.98. The van der Waals surface area contributed by atoms with Crippen LogP contribution < -0.4 is 9.47 Å². The van der Waals surface area contributed by atoms with E-state index in [4.69, 9.17) is 9.47 Å². The highest BCUT2D eigenvalue weighted by Gasteiger charge is 2.32. The van der Waals surface area contributed by atoms with Gasteiger partial charge in [0, 0.05) is 12.0 Å². The van der Waals surface area contributed by atoms with Crippen LogP contribution in [0, 0.1) is 0 Å². The van der Waals surface area contributed by atoms with E-state index in [0.29, 0.717) is 6.61 Å². The summed E-state index contributed by atoms with van der Waals surface area (Å²) in [5.74, 6) is 1.80. The molecule has 0 amide bonds. The number of allylic oxidation sites excluding steroid dienone is 1. The Hall–Kier alpha value is -1.44. The molecule has 2 rings (SSSR count). The van der Waals surface area contributed by atoms with E-state index in [1.165, 1.54) is 11.1 Å². The number of hydrogen-bond donors (Lipinski definition) is 0. The fourth-order valence-electron chi connectivity index (χ4n) is 2.45. The predicted molar refractivity (Wildman–Crippen MR) is 74.5 cm³/mol. The Morgan fingerprint density at radius 2 is 2.17 bits per heavy atom. The van der Waals surface area contributed by atoms with Crippen molar-refractivity contribution in [1.29, 1.82) is 0 Å². The zero-order valence-electron chi connectivity index (χ0n) is 11.8. The molecule has 0 unspecified atom stereocenters. The van der Waals surface area contributed by atoms with Crippen LogP contribution in [0.4, 0.5) is 0 Å². The van der Waals surface area contributed by atoms with Gasteiger partial charge in [0.1, 0.15) is 5.60 Å². The molecule has 98 valence electrons. The first-order valence-electron chi connectivity index (χ1n) is 6.53. The summed E-state index contributed by atoms with van der Waals surface area (Å²) in [6.07, 6.45) is 1.83. The lowest BCUT2D eigenvalue weighted by molar-refractivity contribution is 0.132. The second kappa shape index (κ2) is 4.68. The third kappa shape index (κ3) is 2.69. The van der Waals surface area contributed by atoms with Crippen molar-refractivity contribution in [3.05, 3.63) is 35.4 Å². The molecule has 0 saturated heterocycles. The van der Waals surface area contributed by atoms with Gasteiger partial charge < -0.3 is 9.47 Å². The highest BCUT2D eigenvalue weighted by atomic mass is 16.5. The van der Waals surface area contributed by atoms with Gasteiger partial charge in [0.25, 0.3) is 0 Å². The van der Waals surface area contributed by atoms with E-state index in [0.717, 1.165) is 29.9 Å². The Labute approximate surface area is 110 Å². The summed E-state index contributed by atoms with van der Waals surface area (Å²) in [6, 6.07) is 4.31. The van der Waals surface area contributed by atoms with Crippen LogP contribution in [-0.2, 0) is 12.8 Å². The van der Waals surface area contributed by atoms with Crippen molar-refractivity contribution in [2.45, 2.75) is 46.1 Å². The summed E-state index contributed by atoms with van der Waals surface area (Å²) < 4.78 is 11.7. The molecule has 0 spiro atoms. The summed E-state index contributed by atoms with van der Waals surface area (Å²) >= 11 is 0. The Balaban J connectivity index is 2.40. The van der Waals surface area contributed by atoms with Crippen LogP contribution in [0.3, 0.4) is 0 Å². The molecule has 0 aromatic heterocycles. The largest absolute Gasteiger partial charge is 0.490 e. The average Bonchev–Trinajstić information content (AvgIpc) is 2.52. The van der Waals surface area contributed by atoms with Gasteiger partial charge in [-0.3, -0.25) is 0 Å². The number of benzene rings is 1. The number of ether oxygens (including phenoxy) is 2. The highest BCUT2D eigenvalue weighted by molar-refractivity contribution is 5.53. The summed E-state index contributed by atoms with van der Waals surface area (Å²) in [6.45, 7) is 12.9. The summed E-state index contributed by atoms with van der Waals surface area (Å²) in [5.41, 5.74) is 3.54. The molecule has 1 aliphatic rings. The molecule has 0 atom stereocenters. The first-order chi connectivity index (χ1) is 8.41. The smallest absolute Gasteiger partial charge is 0.165 e. The normalized spacial score (nSPS) is 16.0. The fourth-order valence-corrected chi connectivity index (χ4v) is 2.45. The molecule has 0 fully saturated rings. The molecular formula is C16H22O2. The van der Waals surface area contributed by atoms with E-state index < -0.39 is 0 Å². The van der Waals surface area contributed by atoms with Crippen molar-refractivity contribution in [2.75, 3.05) is 6.61 Å². The van der Waals surface area contributed by atoms with Crippen molar-refractivity contribution < 1.29 is 9.47 Å². The first-order valence-corrected chi connectivity index (χ1v) is 6.53. The fraction of sp³-hybridized carbons (Fsp3) is 0.500. The van der Waals surface area contributed by atoms with E-state index >= 15 is 0 Å². The lowest BCUT2D eigenvalue weighted by Crippen LogP contribution is -2.24. The van der Waals surface area contributed by atoms with Gasteiger partial charge in [0.05, 0.1) is 6.61 Å². The molecule has 1 aromatic rings. The molecule has 0 saturated carbocycles. The van der Waals surface area contributed by atoms with E-state index in [2.05, 4.69) is 32.6 Å². The molecule has 1 heterocycles. The van der Waals surface area contributed by atoms with E-state index in [1.807, 2.05) is 13.8 Å². The number of fused-ring (bicyclic) bond motifs is 1. The van der Waals surface area contributed by atoms with Gasteiger partial charge >= 0.3 is 0 Å². The van der Waals surface area contributed by atoms with Crippen molar-refractivity contribution in [3.63, 3.8) is 0 Å². The molecule has 0 aliphatic carbocycles. The third-order valence-corrected chi connectivity index (χ3v) is 2.99. The van der Waals surface area contributed by atoms with Crippen LogP contribution in [0.25, 0.3) is 0 Å². The van der Waals surface area contributed by atoms with Gasteiger partial charge in [-0.2, -0.15) is 0 Å². The minimum atomic E-state index is -0.129. The van der Waals surface area contributed by atoms with E-state index in [-0.39, 0.29) is 5.60 Å². The van der Waals surface area contributed by atoms with Crippen molar-refractivity contribution >= 4 is 0 Å². The number of hydrogen-bond acceptors (Lipinski definition) is 2. The Kier molecular flexibility index (Phi) is 3.38. The van der Waals surface area contributed by atoms with Crippen molar-refractivity contribution in [3.8, 4) is 11.5 Å². The zero-order valence-corrected chi connectivity index (χ0v) is 11.8. The maximum absolute atomic E-state index is 5.99. The second-order valence-electron chi connectivity index (χ2n) is 5.69. The van der Waals surface area contributed by atoms with Crippen LogP contribution in [-0.4, -0.2) is 12.2 Å². The molecule has 0 N–H and O–H groups in total. The molecule has 0 bridgehead atoms. The van der Waals surface area contributed by atoms with Crippen LogP contribution in [0.5, 0.6) is 11.5 Å². The van der Waals surface area contributed by atoms with E-state index in [9.17, 15) is 0 Å². The lowest BCUT2D eigenvalue weighted by Gasteiger charge is -2.18. The van der Waals surface area contributed by atoms with Gasteiger partial charge in [0.2, 0.25) is 0 Å². The Morgan fingerprint density at radius 1 is 1.44 bits per heavy atom. The van der Waals surface area contributed by atoms with Crippen LogP contribution in [0.15, 0.2) is 24.3 Å². The molecular weight excluding hydrogens is 224 g/mol. The monoisotopic (exact) mass is 246 g/mol. The maximum Gasteiger partial charge on any atom is 0.165 e. The SMILES string of the molecule is C=C(C)Cc1cc2c(c(OCC)c1)OC(C)(C)C2. The molecule has 2 heteroatoms. The quantitative estimate of drug-likeness (QED) is 0.750. The van der Waals surface area contributed by atoms with Gasteiger partial charge in [-0.25, -0.2) is 0 Å². The van der Waals surface area contributed by atoms with Crippen LogP contribution >= 0.6 is 0 Å². The topological polar surface area (TPSA) is 18.5 Å².